The van der Waals surface area contributed by atoms with Gasteiger partial charge in [0.2, 0.25) is 0 Å². The van der Waals surface area contributed by atoms with E-state index in [1.54, 1.807) is 0 Å². The number of fused-ring (bicyclic) bond motifs is 1. The minimum absolute atomic E-state index is 0.368. The Morgan fingerprint density at radius 2 is 2.35 bits per heavy atom. The number of hydrogen-bond donors (Lipinski definition) is 1. The number of nitrogens with one attached hydrogen (secondary N) is 1. The lowest BCUT2D eigenvalue weighted by molar-refractivity contribution is 0.137. The van der Waals surface area contributed by atoms with E-state index in [9.17, 15) is 0 Å². The Kier molecular flexibility index (Phi) is 4.40. The molecule has 1 heterocycles. The summed E-state index contributed by atoms with van der Waals surface area (Å²) in [5.74, 6) is 1.05. The summed E-state index contributed by atoms with van der Waals surface area (Å²) in [6.45, 7) is 4.44. The molecule has 0 bridgehead atoms. The Bertz CT molecular complexity index is 365. The molecule has 0 aliphatic carbocycles. The van der Waals surface area contributed by atoms with Gasteiger partial charge in [0.05, 0.1) is 6.61 Å². The van der Waals surface area contributed by atoms with E-state index in [-0.39, 0.29) is 0 Å². The first-order valence-corrected chi connectivity index (χ1v) is 6.35. The van der Waals surface area contributed by atoms with E-state index in [0.717, 1.165) is 38.4 Å². The van der Waals surface area contributed by atoms with Crippen molar-refractivity contribution in [3.8, 4) is 5.75 Å². The van der Waals surface area contributed by atoms with Crippen molar-refractivity contribution in [1.29, 1.82) is 0 Å². The molecule has 0 spiro atoms. The fraction of sp³-hybridized carbons (Fsp3) is 0.571. The van der Waals surface area contributed by atoms with Gasteiger partial charge in [-0.25, -0.2) is 0 Å². The molecule has 0 aromatic heterocycles. The van der Waals surface area contributed by atoms with Crippen LogP contribution in [0.3, 0.4) is 0 Å². The average Bonchev–Trinajstić information content (AvgIpc) is 2.82. The summed E-state index contributed by atoms with van der Waals surface area (Å²) in [7, 11) is 2.00. The van der Waals surface area contributed by atoms with Crippen LogP contribution in [-0.4, -0.2) is 26.9 Å². The molecule has 1 aliphatic heterocycles. The minimum atomic E-state index is 0.368. The Morgan fingerprint density at radius 3 is 3.12 bits per heavy atom. The van der Waals surface area contributed by atoms with E-state index in [4.69, 9.17) is 9.47 Å². The van der Waals surface area contributed by atoms with Gasteiger partial charge >= 0.3 is 0 Å². The highest BCUT2D eigenvalue weighted by Crippen LogP contribution is 2.28. The van der Waals surface area contributed by atoms with Crippen LogP contribution in [0.15, 0.2) is 18.2 Å². The van der Waals surface area contributed by atoms with E-state index in [0.29, 0.717) is 6.04 Å². The second-order valence-corrected chi connectivity index (χ2v) is 4.29. The Morgan fingerprint density at radius 1 is 1.47 bits per heavy atom. The fourth-order valence-corrected chi connectivity index (χ4v) is 2.25. The van der Waals surface area contributed by atoms with Crippen LogP contribution in [0.1, 0.15) is 30.5 Å². The summed E-state index contributed by atoms with van der Waals surface area (Å²) < 4.78 is 10.9. The van der Waals surface area contributed by atoms with E-state index in [1.807, 2.05) is 14.0 Å². The topological polar surface area (TPSA) is 30.5 Å². The normalized spacial score (nSPS) is 15.4. The number of hydrogen-bond acceptors (Lipinski definition) is 3. The highest BCUT2D eigenvalue weighted by molar-refractivity contribution is 5.40. The number of ether oxygens (including phenoxy) is 2. The molecule has 1 aromatic rings. The van der Waals surface area contributed by atoms with Gasteiger partial charge in [0.1, 0.15) is 5.75 Å². The highest BCUT2D eigenvalue weighted by atomic mass is 16.5. The van der Waals surface area contributed by atoms with Gasteiger partial charge < -0.3 is 14.8 Å². The maximum atomic E-state index is 5.52. The van der Waals surface area contributed by atoms with E-state index < -0.39 is 0 Å². The molecule has 1 atom stereocenters. The van der Waals surface area contributed by atoms with Gasteiger partial charge in [-0.05, 0) is 37.6 Å². The zero-order valence-electron chi connectivity index (χ0n) is 10.7. The quantitative estimate of drug-likeness (QED) is 0.767. The SMILES string of the molecule is CCOCCC(NC)c1ccc2c(c1)CCO2. The molecule has 1 unspecified atom stereocenters. The van der Waals surface area contributed by atoms with E-state index in [1.165, 1.54) is 11.1 Å². The molecule has 0 radical (unpaired) electrons. The summed E-state index contributed by atoms with van der Waals surface area (Å²) in [5, 5.41) is 3.35. The van der Waals surface area contributed by atoms with Crippen molar-refractivity contribution in [1.82, 2.24) is 5.32 Å². The molecular weight excluding hydrogens is 214 g/mol. The first kappa shape index (κ1) is 12.4. The van der Waals surface area contributed by atoms with Crippen molar-refractivity contribution in [2.75, 3.05) is 26.9 Å². The Balaban J connectivity index is 2.03. The molecule has 0 saturated carbocycles. The third kappa shape index (κ3) is 2.99. The minimum Gasteiger partial charge on any atom is -0.493 e. The molecule has 1 aromatic carbocycles. The van der Waals surface area contributed by atoms with Crippen LogP contribution in [0.4, 0.5) is 0 Å². The molecule has 0 fully saturated rings. The van der Waals surface area contributed by atoms with Crippen molar-refractivity contribution in [3.05, 3.63) is 29.3 Å². The molecule has 3 nitrogen and oxygen atoms in total. The standard InChI is InChI=1S/C14H21NO2/c1-3-16-8-7-13(15-2)11-4-5-14-12(10-11)6-9-17-14/h4-5,10,13,15H,3,6-9H2,1-2H3. The van der Waals surface area contributed by atoms with Gasteiger partial charge in [0.25, 0.3) is 0 Å². The van der Waals surface area contributed by atoms with Gasteiger partial charge in [0, 0.05) is 25.7 Å². The summed E-state index contributed by atoms with van der Waals surface area (Å²) in [6.07, 6.45) is 2.04. The predicted octanol–water partition coefficient (Wildman–Crippen LogP) is 2.31. The van der Waals surface area contributed by atoms with Crippen LogP contribution in [0.25, 0.3) is 0 Å². The Labute approximate surface area is 103 Å². The smallest absolute Gasteiger partial charge is 0.122 e. The van der Waals surface area contributed by atoms with Crippen LogP contribution in [0.2, 0.25) is 0 Å². The largest absolute Gasteiger partial charge is 0.493 e. The number of benzene rings is 1. The van der Waals surface area contributed by atoms with Crippen molar-refractivity contribution < 1.29 is 9.47 Å². The summed E-state index contributed by atoms with van der Waals surface area (Å²) >= 11 is 0. The van der Waals surface area contributed by atoms with Crippen LogP contribution < -0.4 is 10.1 Å². The second kappa shape index (κ2) is 6.03. The lowest BCUT2D eigenvalue weighted by Gasteiger charge is -2.17. The van der Waals surface area contributed by atoms with E-state index in [2.05, 4.69) is 23.5 Å². The molecule has 1 N–H and O–H groups in total. The molecule has 0 amide bonds. The van der Waals surface area contributed by atoms with Crippen molar-refractivity contribution in [3.63, 3.8) is 0 Å². The van der Waals surface area contributed by atoms with Crippen LogP contribution in [-0.2, 0) is 11.2 Å². The van der Waals surface area contributed by atoms with Crippen LogP contribution in [0, 0.1) is 0 Å². The van der Waals surface area contributed by atoms with Crippen molar-refractivity contribution >= 4 is 0 Å². The molecule has 2 rings (SSSR count). The summed E-state index contributed by atoms with van der Waals surface area (Å²) in [5.41, 5.74) is 2.66. The molecule has 3 heteroatoms. The van der Waals surface area contributed by atoms with Crippen LogP contribution in [0.5, 0.6) is 5.75 Å². The predicted molar refractivity (Wildman–Crippen MR) is 68.6 cm³/mol. The molecule has 94 valence electrons. The lowest BCUT2D eigenvalue weighted by Crippen LogP contribution is -2.18. The van der Waals surface area contributed by atoms with Gasteiger partial charge in [-0.2, -0.15) is 0 Å². The monoisotopic (exact) mass is 235 g/mol. The average molecular weight is 235 g/mol. The fourth-order valence-electron chi connectivity index (χ4n) is 2.25. The van der Waals surface area contributed by atoms with Crippen LogP contribution >= 0.6 is 0 Å². The third-order valence-electron chi connectivity index (χ3n) is 3.22. The second-order valence-electron chi connectivity index (χ2n) is 4.29. The number of rotatable bonds is 6. The van der Waals surface area contributed by atoms with Crippen molar-refractivity contribution in [2.24, 2.45) is 0 Å². The Hall–Kier alpha value is -1.06. The molecular formula is C14H21NO2. The highest BCUT2D eigenvalue weighted by Gasteiger charge is 2.15. The zero-order valence-corrected chi connectivity index (χ0v) is 10.7. The summed E-state index contributed by atoms with van der Waals surface area (Å²) in [6, 6.07) is 6.86. The van der Waals surface area contributed by atoms with Gasteiger partial charge in [-0.1, -0.05) is 12.1 Å². The van der Waals surface area contributed by atoms with Gasteiger partial charge in [0.15, 0.2) is 0 Å². The van der Waals surface area contributed by atoms with E-state index >= 15 is 0 Å². The van der Waals surface area contributed by atoms with Gasteiger partial charge in [-0.15, -0.1) is 0 Å². The first-order valence-electron chi connectivity index (χ1n) is 6.35. The summed E-state index contributed by atoms with van der Waals surface area (Å²) in [4.78, 5) is 0. The molecule has 1 aliphatic rings. The maximum absolute atomic E-state index is 5.52. The third-order valence-corrected chi connectivity index (χ3v) is 3.22. The maximum Gasteiger partial charge on any atom is 0.122 e. The molecule has 0 saturated heterocycles. The zero-order chi connectivity index (χ0) is 12.1. The lowest BCUT2D eigenvalue weighted by atomic mass is 10.0. The van der Waals surface area contributed by atoms with Crippen molar-refractivity contribution in [2.45, 2.75) is 25.8 Å². The molecule has 17 heavy (non-hydrogen) atoms. The van der Waals surface area contributed by atoms with Gasteiger partial charge in [-0.3, -0.25) is 0 Å². The first-order chi connectivity index (χ1) is 8.35.